The van der Waals surface area contributed by atoms with Gasteiger partial charge in [-0.1, -0.05) is 18.2 Å². The predicted octanol–water partition coefficient (Wildman–Crippen LogP) is -0.664. The number of aliphatic hydroxyl groups is 1. The van der Waals surface area contributed by atoms with Crippen molar-refractivity contribution in [2.75, 3.05) is 13.2 Å². The topological polar surface area (TPSA) is 102 Å². The molecule has 4 N–H and O–H groups in total. The van der Waals surface area contributed by atoms with Crippen LogP contribution in [-0.4, -0.2) is 36.2 Å². The Balaban J connectivity index is 2.34. The van der Waals surface area contributed by atoms with Crippen LogP contribution in [0.4, 0.5) is 0 Å². The Hall–Kier alpha value is -2.08. The van der Waals surface area contributed by atoms with Crippen molar-refractivity contribution in [3.8, 4) is 5.75 Å². The molecule has 6 heteroatoms. The van der Waals surface area contributed by atoms with E-state index in [0.29, 0.717) is 5.75 Å². The number of ether oxygens (including phenoxy) is 1. The van der Waals surface area contributed by atoms with Crippen molar-refractivity contribution in [2.24, 2.45) is 5.73 Å². The number of aliphatic hydroxyl groups excluding tert-OH is 1. The molecule has 1 unspecified atom stereocenters. The average Bonchev–Trinajstić information content (AvgIpc) is 2.34. The summed E-state index contributed by atoms with van der Waals surface area (Å²) in [6.07, 6.45) is -1.38. The Morgan fingerprint density at radius 3 is 2.72 bits per heavy atom. The zero-order valence-corrected chi connectivity index (χ0v) is 10.1. The Kier molecular flexibility index (Phi) is 5.13. The van der Waals surface area contributed by atoms with E-state index in [2.05, 4.69) is 5.32 Å². The highest BCUT2D eigenvalue weighted by Crippen LogP contribution is 2.15. The van der Waals surface area contributed by atoms with Crippen molar-refractivity contribution >= 4 is 11.8 Å². The van der Waals surface area contributed by atoms with Crippen LogP contribution in [0.1, 0.15) is 5.56 Å². The van der Waals surface area contributed by atoms with Crippen LogP contribution in [0.2, 0.25) is 0 Å². The van der Waals surface area contributed by atoms with E-state index < -0.39 is 17.9 Å². The molecule has 0 aromatic heterocycles. The van der Waals surface area contributed by atoms with Crippen LogP contribution in [-0.2, 0) is 9.59 Å². The number of hydrogen-bond acceptors (Lipinski definition) is 4. The largest absolute Gasteiger partial charge is 0.484 e. The number of amides is 2. The molecule has 1 rings (SSSR count). The maximum absolute atomic E-state index is 11.4. The summed E-state index contributed by atoms with van der Waals surface area (Å²) in [5.74, 6) is -0.697. The lowest BCUT2D eigenvalue weighted by Gasteiger charge is -2.10. The number of primary amides is 1. The lowest BCUT2D eigenvalue weighted by molar-refractivity contribution is -0.127. The minimum absolute atomic E-state index is 0.184. The fourth-order valence-corrected chi connectivity index (χ4v) is 1.22. The summed E-state index contributed by atoms with van der Waals surface area (Å²) in [5, 5.41) is 11.4. The highest BCUT2D eigenvalue weighted by Gasteiger charge is 2.12. The molecule has 6 nitrogen and oxygen atoms in total. The fraction of sp³-hybridized carbons (Fsp3) is 0.333. The van der Waals surface area contributed by atoms with Crippen molar-refractivity contribution in [3.63, 3.8) is 0 Å². The molecule has 0 aliphatic carbocycles. The molecule has 0 saturated carbocycles. The number of para-hydroxylation sites is 1. The molecule has 0 saturated heterocycles. The molecule has 2 amide bonds. The third-order valence-corrected chi connectivity index (χ3v) is 2.27. The van der Waals surface area contributed by atoms with E-state index in [1.165, 1.54) is 0 Å². The lowest BCUT2D eigenvalue weighted by atomic mass is 10.2. The van der Waals surface area contributed by atoms with Gasteiger partial charge >= 0.3 is 0 Å². The predicted molar refractivity (Wildman–Crippen MR) is 64.9 cm³/mol. The number of rotatable bonds is 6. The number of aryl methyl sites for hydroxylation is 1. The number of benzene rings is 1. The van der Waals surface area contributed by atoms with E-state index >= 15 is 0 Å². The zero-order chi connectivity index (χ0) is 13.5. The van der Waals surface area contributed by atoms with Gasteiger partial charge in [0.2, 0.25) is 5.91 Å². The first-order valence-electron chi connectivity index (χ1n) is 5.43. The van der Waals surface area contributed by atoms with Crippen molar-refractivity contribution in [1.82, 2.24) is 5.32 Å². The number of hydrogen-bond donors (Lipinski definition) is 3. The van der Waals surface area contributed by atoms with Crippen LogP contribution in [0.5, 0.6) is 5.75 Å². The monoisotopic (exact) mass is 252 g/mol. The smallest absolute Gasteiger partial charge is 0.258 e. The standard InChI is InChI=1S/C12H16N2O4/c1-8-4-2-3-5-10(8)18-7-11(16)14-6-9(15)12(13)17/h2-5,9,15H,6-7H2,1H3,(H2,13,17)(H,14,16). The lowest BCUT2D eigenvalue weighted by Crippen LogP contribution is -2.41. The van der Waals surface area contributed by atoms with E-state index in [-0.39, 0.29) is 13.2 Å². The normalized spacial score (nSPS) is 11.7. The highest BCUT2D eigenvalue weighted by atomic mass is 16.5. The molecule has 0 aliphatic rings. The second kappa shape index (κ2) is 6.61. The minimum atomic E-state index is -1.38. The Bertz CT molecular complexity index is 434. The minimum Gasteiger partial charge on any atom is -0.484 e. The molecule has 0 heterocycles. The van der Waals surface area contributed by atoms with Crippen molar-refractivity contribution in [3.05, 3.63) is 29.8 Å². The third kappa shape index (κ3) is 4.42. The molecule has 0 spiro atoms. The van der Waals surface area contributed by atoms with E-state index in [9.17, 15) is 9.59 Å². The van der Waals surface area contributed by atoms with Gasteiger partial charge in [-0.05, 0) is 18.6 Å². The van der Waals surface area contributed by atoms with Gasteiger partial charge in [-0.15, -0.1) is 0 Å². The zero-order valence-electron chi connectivity index (χ0n) is 10.1. The third-order valence-electron chi connectivity index (χ3n) is 2.27. The van der Waals surface area contributed by atoms with Gasteiger partial charge in [-0.2, -0.15) is 0 Å². The van der Waals surface area contributed by atoms with Gasteiger partial charge in [0.15, 0.2) is 6.61 Å². The summed E-state index contributed by atoms with van der Waals surface area (Å²) in [7, 11) is 0. The summed E-state index contributed by atoms with van der Waals surface area (Å²) in [6, 6.07) is 7.29. The van der Waals surface area contributed by atoms with Crippen LogP contribution < -0.4 is 15.8 Å². The molecule has 1 atom stereocenters. The van der Waals surface area contributed by atoms with Crippen LogP contribution in [0.25, 0.3) is 0 Å². The quantitative estimate of drug-likeness (QED) is 0.625. The number of carbonyl (C=O) groups is 2. The van der Waals surface area contributed by atoms with Gasteiger partial charge in [-0.3, -0.25) is 9.59 Å². The summed E-state index contributed by atoms with van der Waals surface area (Å²) >= 11 is 0. The molecular formula is C12H16N2O4. The summed E-state index contributed by atoms with van der Waals surface area (Å²) < 4.78 is 5.28. The van der Waals surface area contributed by atoms with Gasteiger partial charge in [0.25, 0.3) is 5.91 Å². The molecule has 0 aliphatic heterocycles. The molecule has 18 heavy (non-hydrogen) atoms. The van der Waals surface area contributed by atoms with Gasteiger partial charge in [0.05, 0.1) is 6.54 Å². The van der Waals surface area contributed by atoms with Gasteiger partial charge < -0.3 is 20.9 Å². The number of nitrogens with two attached hydrogens (primary N) is 1. The van der Waals surface area contributed by atoms with Crippen molar-refractivity contribution in [2.45, 2.75) is 13.0 Å². The Morgan fingerprint density at radius 1 is 1.44 bits per heavy atom. The van der Waals surface area contributed by atoms with Crippen LogP contribution in [0.15, 0.2) is 24.3 Å². The van der Waals surface area contributed by atoms with Crippen molar-refractivity contribution < 1.29 is 19.4 Å². The molecule has 98 valence electrons. The van der Waals surface area contributed by atoms with E-state index in [1.54, 1.807) is 12.1 Å². The Labute approximate surface area is 105 Å². The van der Waals surface area contributed by atoms with Crippen molar-refractivity contribution in [1.29, 1.82) is 0 Å². The first-order valence-corrected chi connectivity index (χ1v) is 5.43. The highest BCUT2D eigenvalue weighted by molar-refractivity contribution is 5.81. The maximum Gasteiger partial charge on any atom is 0.258 e. The average molecular weight is 252 g/mol. The Morgan fingerprint density at radius 2 is 2.11 bits per heavy atom. The first kappa shape index (κ1) is 14.0. The molecule has 0 fully saturated rings. The molecule has 1 aromatic carbocycles. The van der Waals surface area contributed by atoms with Crippen LogP contribution in [0.3, 0.4) is 0 Å². The van der Waals surface area contributed by atoms with Gasteiger partial charge in [0.1, 0.15) is 11.9 Å². The van der Waals surface area contributed by atoms with E-state index in [1.807, 2.05) is 19.1 Å². The number of nitrogens with one attached hydrogen (secondary N) is 1. The SMILES string of the molecule is Cc1ccccc1OCC(=O)NCC(O)C(N)=O. The van der Waals surface area contributed by atoms with E-state index in [4.69, 9.17) is 15.6 Å². The van der Waals surface area contributed by atoms with Gasteiger partial charge in [0, 0.05) is 0 Å². The van der Waals surface area contributed by atoms with Crippen LogP contribution >= 0.6 is 0 Å². The van der Waals surface area contributed by atoms with Crippen LogP contribution in [0, 0.1) is 6.92 Å². The number of carbonyl (C=O) groups excluding carboxylic acids is 2. The summed E-state index contributed by atoms with van der Waals surface area (Å²) in [6.45, 7) is 1.46. The second-order valence-corrected chi connectivity index (χ2v) is 3.78. The second-order valence-electron chi connectivity index (χ2n) is 3.78. The molecule has 0 bridgehead atoms. The first-order chi connectivity index (χ1) is 8.50. The van der Waals surface area contributed by atoms with E-state index in [0.717, 1.165) is 5.56 Å². The maximum atomic E-state index is 11.4. The fourth-order valence-electron chi connectivity index (χ4n) is 1.22. The van der Waals surface area contributed by atoms with Gasteiger partial charge in [-0.25, -0.2) is 0 Å². The summed E-state index contributed by atoms with van der Waals surface area (Å²) in [5.41, 5.74) is 5.75. The molecule has 0 radical (unpaired) electrons. The molecule has 1 aromatic rings. The summed E-state index contributed by atoms with van der Waals surface area (Å²) in [4.78, 5) is 21.9. The molecular weight excluding hydrogens is 236 g/mol.